The van der Waals surface area contributed by atoms with Crippen molar-refractivity contribution in [3.8, 4) is 0 Å². The first-order chi connectivity index (χ1) is 10.7. The van der Waals surface area contributed by atoms with Crippen LogP contribution in [0.3, 0.4) is 0 Å². The van der Waals surface area contributed by atoms with Crippen molar-refractivity contribution in [2.24, 2.45) is 7.05 Å². The SMILES string of the molecule is CC(CNC(=O)c1cn(C)c2ccccc12)c1ccccc1. The van der Waals surface area contributed by atoms with E-state index in [1.807, 2.05) is 60.3 Å². The van der Waals surface area contributed by atoms with Gasteiger partial charge in [-0.1, -0.05) is 55.5 Å². The number of carbonyl (C=O) groups excluding carboxylic acids is 1. The van der Waals surface area contributed by atoms with Crippen LogP contribution in [0.2, 0.25) is 0 Å². The fourth-order valence-corrected chi connectivity index (χ4v) is 2.76. The molecule has 0 aliphatic rings. The molecule has 0 radical (unpaired) electrons. The smallest absolute Gasteiger partial charge is 0.253 e. The molecule has 22 heavy (non-hydrogen) atoms. The topological polar surface area (TPSA) is 34.0 Å². The van der Waals surface area contributed by atoms with Gasteiger partial charge in [-0.15, -0.1) is 0 Å². The monoisotopic (exact) mass is 292 g/mol. The number of aromatic nitrogens is 1. The summed E-state index contributed by atoms with van der Waals surface area (Å²) in [4.78, 5) is 12.5. The lowest BCUT2D eigenvalue weighted by molar-refractivity contribution is 0.0953. The van der Waals surface area contributed by atoms with Gasteiger partial charge in [-0.05, 0) is 17.5 Å². The molecule has 1 unspecified atom stereocenters. The summed E-state index contributed by atoms with van der Waals surface area (Å²) in [6.07, 6.45) is 1.90. The molecule has 0 spiro atoms. The van der Waals surface area contributed by atoms with Crippen molar-refractivity contribution < 1.29 is 4.79 Å². The van der Waals surface area contributed by atoms with Gasteiger partial charge in [0.15, 0.2) is 0 Å². The minimum absolute atomic E-state index is 0.0143. The Bertz CT molecular complexity index is 790. The van der Waals surface area contributed by atoms with Gasteiger partial charge in [-0.2, -0.15) is 0 Å². The zero-order valence-electron chi connectivity index (χ0n) is 12.9. The molecule has 0 saturated heterocycles. The van der Waals surface area contributed by atoms with Crippen molar-refractivity contribution in [1.29, 1.82) is 0 Å². The van der Waals surface area contributed by atoms with Crippen LogP contribution < -0.4 is 5.32 Å². The van der Waals surface area contributed by atoms with Crippen molar-refractivity contribution >= 4 is 16.8 Å². The van der Waals surface area contributed by atoms with Gasteiger partial charge in [0.25, 0.3) is 5.91 Å². The number of rotatable bonds is 4. The Hall–Kier alpha value is -2.55. The first-order valence-corrected chi connectivity index (χ1v) is 7.54. The predicted molar refractivity (Wildman–Crippen MR) is 90.1 cm³/mol. The standard InChI is InChI=1S/C19H20N2O/c1-14(15-8-4-3-5-9-15)12-20-19(22)17-13-21(2)18-11-7-6-10-16(17)18/h3-11,13-14H,12H2,1-2H3,(H,20,22). The maximum Gasteiger partial charge on any atom is 0.253 e. The first kappa shape index (κ1) is 14.4. The van der Waals surface area contributed by atoms with Crippen LogP contribution >= 0.6 is 0 Å². The number of hydrogen-bond acceptors (Lipinski definition) is 1. The molecular formula is C19H20N2O. The van der Waals surface area contributed by atoms with Crippen molar-refractivity contribution in [2.45, 2.75) is 12.8 Å². The van der Waals surface area contributed by atoms with Crippen molar-refractivity contribution in [3.05, 3.63) is 71.9 Å². The molecule has 0 fully saturated rings. The van der Waals surface area contributed by atoms with Crippen LogP contribution in [-0.2, 0) is 7.05 Å². The quantitative estimate of drug-likeness (QED) is 0.781. The summed E-state index contributed by atoms with van der Waals surface area (Å²) in [7, 11) is 1.96. The summed E-state index contributed by atoms with van der Waals surface area (Å²) in [6, 6.07) is 18.2. The van der Waals surface area contributed by atoms with Crippen LogP contribution in [0.5, 0.6) is 0 Å². The van der Waals surface area contributed by atoms with E-state index in [0.29, 0.717) is 12.5 Å². The summed E-state index contributed by atoms with van der Waals surface area (Å²) in [6.45, 7) is 2.75. The largest absolute Gasteiger partial charge is 0.351 e. The highest BCUT2D eigenvalue weighted by Crippen LogP contribution is 2.20. The lowest BCUT2D eigenvalue weighted by atomic mass is 10.0. The van der Waals surface area contributed by atoms with Gasteiger partial charge in [0.05, 0.1) is 5.56 Å². The second-order valence-corrected chi connectivity index (χ2v) is 5.69. The van der Waals surface area contributed by atoms with Crippen LogP contribution in [0, 0.1) is 0 Å². The molecule has 0 saturated carbocycles. The van der Waals surface area contributed by atoms with Crippen LogP contribution in [0.1, 0.15) is 28.8 Å². The highest BCUT2D eigenvalue weighted by Gasteiger charge is 2.14. The van der Waals surface area contributed by atoms with E-state index in [1.54, 1.807) is 0 Å². The predicted octanol–water partition coefficient (Wildman–Crippen LogP) is 3.71. The Morgan fingerprint density at radius 1 is 1.09 bits per heavy atom. The van der Waals surface area contributed by atoms with Gasteiger partial charge >= 0.3 is 0 Å². The van der Waals surface area contributed by atoms with Crippen molar-refractivity contribution in [2.75, 3.05) is 6.54 Å². The summed E-state index contributed by atoms with van der Waals surface area (Å²) in [5.74, 6) is 0.278. The lowest BCUT2D eigenvalue weighted by Crippen LogP contribution is -2.27. The van der Waals surface area contributed by atoms with Crippen LogP contribution in [0.4, 0.5) is 0 Å². The molecule has 3 rings (SSSR count). The van der Waals surface area contributed by atoms with E-state index in [2.05, 4.69) is 24.4 Å². The zero-order valence-corrected chi connectivity index (χ0v) is 12.9. The van der Waals surface area contributed by atoms with E-state index < -0.39 is 0 Å². The molecule has 2 aromatic carbocycles. The number of aryl methyl sites for hydroxylation is 1. The average Bonchev–Trinajstić information content (AvgIpc) is 2.91. The normalized spacial score (nSPS) is 12.3. The van der Waals surface area contributed by atoms with Crippen LogP contribution in [0.25, 0.3) is 10.9 Å². The Morgan fingerprint density at radius 3 is 2.55 bits per heavy atom. The molecule has 1 N–H and O–H groups in total. The maximum atomic E-state index is 12.5. The number of fused-ring (bicyclic) bond motifs is 1. The Kier molecular flexibility index (Phi) is 3.96. The third-order valence-corrected chi connectivity index (χ3v) is 4.08. The van der Waals surface area contributed by atoms with Crippen molar-refractivity contribution in [3.63, 3.8) is 0 Å². The summed E-state index contributed by atoms with van der Waals surface area (Å²) < 4.78 is 1.99. The van der Waals surface area contributed by atoms with E-state index in [0.717, 1.165) is 16.5 Å². The molecule has 1 aromatic heterocycles. The number of amides is 1. The molecule has 1 amide bonds. The highest BCUT2D eigenvalue weighted by atomic mass is 16.1. The van der Waals surface area contributed by atoms with E-state index >= 15 is 0 Å². The molecule has 3 aromatic rings. The first-order valence-electron chi connectivity index (χ1n) is 7.54. The zero-order chi connectivity index (χ0) is 15.5. The minimum Gasteiger partial charge on any atom is -0.351 e. The third-order valence-electron chi connectivity index (χ3n) is 4.08. The summed E-state index contributed by atoms with van der Waals surface area (Å²) in [5, 5.41) is 4.05. The number of nitrogens with zero attached hydrogens (tertiary/aromatic N) is 1. The van der Waals surface area contributed by atoms with Gasteiger partial charge < -0.3 is 9.88 Å². The molecule has 0 bridgehead atoms. The number of hydrogen-bond donors (Lipinski definition) is 1. The molecule has 112 valence electrons. The summed E-state index contributed by atoms with van der Waals surface area (Å²) in [5.41, 5.74) is 3.04. The lowest BCUT2D eigenvalue weighted by Gasteiger charge is -2.12. The molecule has 0 aliphatic carbocycles. The fraction of sp³-hybridized carbons (Fsp3) is 0.211. The van der Waals surface area contributed by atoms with Gasteiger partial charge in [0.2, 0.25) is 0 Å². The average molecular weight is 292 g/mol. The number of nitrogens with one attached hydrogen (secondary N) is 1. The van der Waals surface area contributed by atoms with E-state index in [9.17, 15) is 4.79 Å². The molecule has 1 atom stereocenters. The maximum absolute atomic E-state index is 12.5. The molecule has 3 heteroatoms. The van der Waals surface area contributed by atoms with E-state index in [-0.39, 0.29) is 5.91 Å². The Labute approximate surface area is 130 Å². The van der Waals surface area contributed by atoms with Crippen molar-refractivity contribution in [1.82, 2.24) is 9.88 Å². The van der Waals surface area contributed by atoms with Gasteiger partial charge in [0, 0.05) is 30.7 Å². The minimum atomic E-state index is -0.0143. The van der Waals surface area contributed by atoms with Crippen LogP contribution in [0.15, 0.2) is 60.8 Å². The molecule has 0 aliphatic heterocycles. The molecule has 1 heterocycles. The Morgan fingerprint density at radius 2 is 1.77 bits per heavy atom. The second kappa shape index (κ2) is 6.06. The third kappa shape index (κ3) is 2.75. The second-order valence-electron chi connectivity index (χ2n) is 5.69. The number of para-hydroxylation sites is 1. The van der Waals surface area contributed by atoms with Crippen LogP contribution in [-0.4, -0.2) is 17.0 Å². The van der Waals surface area contributed by atoms with E-state index in [1.165, 1.54) is 5.56 Å². The fourth-order valence-electron chi connectivity index (χ4n) is 2.76. The number of carbonyl (C=O) groups is 1. The van der Waals surface area contributed by atoms with Gasteiger partial charge in [-0.3, -0.25) is 4.79 Å². The number of benzene rings is 2. The van der Waals surface area contributed by atoms with E-state index in [4.69, 9.17) is 0 Å². The van der Waals surface area contributed by atoms with Gasteiger partial charge in [0.1, 0.15) is 0 Å². The Balaban J connectivity index is 1.74. The molecular weight excluding hydrogens is 272 g/mol. The van der Waals surface area contributed by atoms with Gasteiger partial charge in [-0.25, -0.2) is 0 Å². The highest BCUT2D eigenvalue weighted by molar-refractivity contribution is 6.06. The summed E-state index contributed by atoms with van der Waals surface area (Å²) >= 11 is 0. The molecule has 3 nitrogen and oxygen atoms in total.